The van der Waals surface area contributed by atoms with Gasteiger partial charge in [0.05, 0.1) is 24.8 Å². The zero-order chi connectivity index (χ0) is 17.3. The minimum Gasteiger partial charge on any atom is -0.495 e. The first-order valence-corrected chi connectivity index (χ1v) is 8.17. The maximum absolute atomic E-state index is 12.7. The molecule has 1 aromatic rings. The van der Waals surface area contributed by atoms with Gasteiger partial charge < -0.3 is 14.5 Å². The first kappa shape index (κ1) is 16.3. The van der Waals surface area contributed by atoms with E-state index in [4.69, 9.17) is 10.00 Å². The summed E-state index contributed by atoms with van der Waals surface area (Å²) < 4.78 is 5.36. The highest BCUT2D eigenvalue weighted by molar-refractivity contribution is 6.01. The van der Waals surface area contributed by atoms with E-state index in [1.54, 1.807) is 16.9 Å². The molecule has 1 heterocycles. The van der Waals surface area contributed by atoms with Crippen molar-refractivity contribution in [3.05, 3.63) is 23.8 Å². The maximum Gasteiger partial charge on any atom is 0.229 e. The Morgan fingerprint density at radius 1 is 1.46 bits per heavy atom. The average Bonchev–Trinajstić information content (AvgIpc) is 3.33. The summed E-state index contributed by atoms with van der Waals surface area (Å²) in [6, 6.07) is 7.89. The van der Waals surface area contributed by atoms with Gasteiger partial charge in [-0.1, -0.05) is 6.07 Å². The van der Waals surface area contributed by atoms with E-state index in [0.717, 1.165) is 18.4 Å². The standard InChI is InChI=1S/C18H21N3O3/c1-12-3-6-16(24-2)15(9-12)21-11-13(10-17(21)22)18(23)20(8-7-19)14-4-5-14/h3,6,9,13-14H,4-5,8,10-11H2,1-2H3. The van der Waals surface area contributed by atoms with Crippen LogP contribution in [0.25, 0.3) is 0 Å². The summed E-state index contributed by atoms with van der Waals surface area (Å²) in [4.78, 5) is 28.5. The number of nitrogens with zero attached hydrogens (tertiary/aromatic N) is 3. The summed E-state index contributed by atoms with van der Waals surface area (Å²) in [7, 11) is 1.57. The Hall–Kier alpha value is -2.55. The number of carbonyl (C=O) groups excluding carboxylic acids is 2. The number of hydrogen-bond donors (Lipinski definition) is 0. The van der Waals surface area contributed by atoms with Gasteiger partial charge in [-0.05, 0) is 37.5 Å². The van der Waals surface area contributed by atoms with Crippen molar-refractivity contribution < 1.29 is 14.3 Å². The van der Waals surface area contributed by atoms with Gasteiger partial charge in [-0.15, -0.1) is 0 Å². The van der Waals surface area contributed by atoms with Crippen molar-refractivity contribution in [2.75, 3.05) is 25.1 Å². The summed E-state index contributed by atoms with van der Waals surface area (Å²) in [5.74, 6) is 0.0706. The van der Waals surface area contributed by atoms with E-state index in [9.17, 15) is 9.59 Å². The van der Waals surface area contributed by atoms with Gasteiger partial charge in [0.15, 0.2) is 0 Å². The highest BCUT2D eigenvalue weighted by Gasteiger charge is 2.41. The van der Waals surface area contributed by atoms with Crippen LogP contribution in [-0.2, 0) is 9.59 Å². The van der Waals surface area contributed by atoms with Gasteiger partial charge in [0.2, 0.25) is 11.8 Å². The van der Waals surface area contributed by atoms with Crippen molar-refractivity contribution >= 4 is 17.5 Å². The van der Waals surface area contributed by atoms with Crippen LogP contribution in [0.5, 0.6) is 5.75 Å². The van der Waals surface area contributed by atoms with E-state index in [1.165, 1.54) is 0 Å². The molecule has 0 radical (unpaired) electrons. The second-order valence-corrected chi connectivity index (χ2v) is 6.44. The summed E-state index contributed by atoms with van der Waals surface area (Å²) in [6.45, 7) is 2.39. The summed E-state index contributed by atoms with van der Waals surface area (Å²) >= 11 is 0. The second-order valence-electron chi connectivity index (χ2n) is 6.44. The molecule has 1 aliphatic heterocycles. The van der Waals surface area contributed by atoms with Gasteiger partial charge in [-0.25, -0.2) is 0 Å². The molecule has 2 amide bonds. The van der Waals surface area contributed by atoms with Crippen LogP contribution in [0.4, 0.5) is 5.69 Å². The number of hydrogen-bond acceptors (Lipinski definition) is 4. The van der Waals surface area contributed by atoms with E-state index >= 15 is 0 Å². The quantitative estimate of drug-likeness (QED) is 0.774. The van der Waals surface area contributed by atoms with E-state index in [0.29, 0.717) is 18.0 Å². The predicted octanol–water partition coefficient (Wildman–Crippen LogP) is 1.87. The van der Waals surface area contributed by atoms with Crippen LogP contribution >= 0.6 is 0 Å². The second kappa shape index (κ2) is 6.52. The van der Waals surface area contributed by atoms with Crippen molar-refractivity contribution in [1.82, 2.24) is 4.90 Å². The lowest BCUT2D eigenvalue weighted by molar-refractivity contribution is -0.135. The molecule has 6 nitrogen and oxygen atoms in total. The van der Waals surface area contributed by atoms with Crippen molar-refractivity contribution in [1.29, 1.82) is 5.26 Å². The third-order valence-corrected chi connectivity index (χ3v) is 4.61. The Morgan fingerprint density at radius 2 is 2.21 bits per heavy atom. The monoisotopic (exact) mass is 327 g/mol. The largest absolute Gasteiger partial charge is 0.495 e. The fraction of sp³-hybridized carbons (Fsp3) is 0.500. The highest BCUT2D eigenvalue weighted by Crippen LogP contribution is 2.35. The number of methoxy groups -OCH3 is 1. The number of anilines is 1. The molecule has 0 aromatic heterocycles. The van der Waals surface area contributed by atoms with Crippen molar-refractivity contribution in [2.24, 2.45) is 5.92 Å². The van der Waals surface area contributed by atoms with Crippen LogP contribution in [0, 0.1) is 24.2 Å². The Balaban J connectivity index is 1.80. The average molecular weight is 327 g/mol. The number of aryl methyl sites for hydroxylation is 1. The minimum atomic E-state index is -0.392. The van der Waals surface area contributed by atoms with Crippen LogP contribution in [0.3, 0.4) is 0 Å². The number of nitriles is 1. The summed E-state index contributed by atoms with van der Waals surface area (Å²) in [5, 5.41) is 8.95. The molecule has 1 saturated heterocycles. The molecule has 1 unspecified atom stereocenters. The smallest absolute Gasteiger partial charge is 0.229 e. The highest BCUT2D eigenvalue weighted by atomic mass is 16.5. The zero-order valence-electron chi connectivity index (χ0n) is 14.0. The van der Waals surface area contributed by atoms with Crippen LogP contribution in [0.1, 0.15) is 24.8 Å². The third-order valence-electron chi connectivity index (χ3n) is 4.61. The van der Waals surface area contributed by atoms with Gasteiger partial charge in [-0.3, -0.25) is 9.59 Å². The first-order chi connectivity index (χ1) is 11.5. The topological polar surface area (TPSA) is 73.6 Å². The lowest BCUT2D eigenvalue weighted by atomic mass is 10.1. The van der Waals surface area contributed by atoms with E-state index < -0.39 is 5.92 Å². The Kier molecular flexibility index (Phi) is 4.43. The van der Waals surface area contributed by atoms with Crippen LogP contribution < -0.4 is 9.64 Å². The molecule has 6 heteroatoms. The van der Waals surface area contributed by atoms with Gasteiger partial charge >= 0.3 is 0 Å². The van der Waals surface area contributed by atoms with E-state index in [-0.39, 0.29) is 30.8 Å². The molecule has 0 bridgehead atoms. The third kappa shape index (κ3) is 3.07. The molecule has 0 N–H and O–H groups in total. The Labute approximate surface area is 141 Å². The van der Waals surface area contributed by atoms with Gasteiger partial charge in [0.1, 0.15) is 12.3 Å². The normalized spacial score (nSPS) is 20.0. The number of ether oxygens (including phenoxy) is 1. The van der Waals surface area contributed by atoms with Crippen LogP contribution in [-0.4, -0.2) is 43.0 Å². The predicted molar refractivity (Wildman–Crippen MR) is 88.5 cm³/mol. The van der Waals surface area contributed by atoms with Gasteiger partial charge in [0.25, 0.3) is 0 Å². The van der Waals surface area contributed by atoms with Gasteiger partial charge in [-0.2, -0.15) is 5.26 Å². The molecule has 1 aromatic carbocycles. The van der Waals surface area contributed by atoms with Crippen LogP contribution in [0.15, 0.2) is 18.2 Å². The number of benzene rings is 1. The molecule has 3 rings (SSSR count). The zero-order valence-corrected chi connectivity index (χ0v) is 14.0. The molecule has 2 aliphatic rings. The molecule has 24 heavy (non-hydrogen) atoms. The maximum atomic E-state index is 12.7. The molecular formula is C18H21N3O3. The molecule has 2 fully saturated rings. The number of rotatable bonds is 5. The Bertz CT molecular complexity index is 706. The van der Waals surface area contributed by atoms with Crippen molar-refractivity contribution in [3.63, 3.8) is 0 Å². The SMILES string of the molecule is COc1ccc(C)cc1N1CC(C(=O)N(CC#N)C2CC2)CC1=O. The fourth-order valence-electron chi connectivity index (χ4n) is 3.20. The summed E-state index contributed by atoms with van der Waals surface area (Å²) in [5.41, 5.74) is 1.73. The molecule has 1 saturated carbocycles. The van der Waals surface area contributed by atoms with Crippen molar-refractivity contribution in [2.45, 2.75) is 32.2 Å². The molecule has 1 aliphatic carbocycles. The molecule has 1 atom stereocenters. The molecule has 0 spiro atoms. The first-order valence-electron chi connectivity index (χ1n) is 8.17. The number of amides is 2. The molecular weight excluding hydrogens is 306 g/mol. The lowest BCUT2D eigenvalue weighted by Crippen LogP contribution is -2.39. The number of carbonyl (C=O) groups is 2. The van der Waals surface area contributed by atoms with E-state index in [2.05, 4.69) is 6.07 Å². The fourth-order valence-corrected chi connectivity index (χ4v) is 3.20. The van der Waals surface area contributed by atoms with E-state index in [1.807, 2.05) is 25.1 Å². The molecule has 126 valence electrons. The Morgan fingerprint density at radius 3 is 2.83 bits per heavy atom. The summed E-state index contributed by atoms with van der Waals surface area (Å²) in [6.07, 6.45) is 2.08. The van der Waals surface area contributed by atoms with Crippen LogP contribution in [0.2, 0.25) is 0 Å². The van der Waals surface area contributed by atoms with Crippen molar-refractivity contribution in [3.8, 4) is 11.8 Å². The minimum absolute atomic E-state index is 0.0787. The lowest BCUT2D eigenvalue weighted by Gasteiger charge is -2.23. The van der Waals surface area contributed by atoms with Gasteiger partial charge in [0, 0.05) is 19.0 Å².